The van der Waals surface area contributed by atoms with Gasteiger partial charge >= 0.3 is 0 Å². The van der Waals surface area contributed by atoms with Crippen molar-refractivity contribution < 1.29 is 41.8 Å². The summed E-state index contributed by atoms with van der Waals surface area (Å²) in [5.74, 6) is 0. The van der Waals surface area contributed by atoms with Crippen LogP contribution in [0.5, 0.6) is 0 Å². The molecule has 0 aromatic carbocycles. The second kappa shape index (κ2) is 16.2. The summed E-state index contributed by atoms with van der Waals surface area (Å²) >= 11 is 0. The molecule has 0 amide bonds. The maximum atomic E-state index is 3.74. The van der Waals surface area contributed by atoms with E-state index in [1.165, 1.54) is 0 Å². The molecule has 0 atom stereocenters. The first-order chi connectivity index (χ1) is 1.91. The van der Waals surface area contributed by atoms with Crippen LogP contribution in [0.1, 0.15) is 6.92 Å². The molecule has 0 spiro atoms. The molecule has 39 valence electrons. The first-order valence-electron chi connectivity index (χ1n) is 1.47. The van der Waals surface area contributed by atoms with Crippen LogP contribution in [0.3, 0.4) is 0 Å². The van der Waals surface area contributed by atoms with Gasteiger partial charge in [0.25, 0.3) is 0 Å². The summed E-state index contributed by atoms with van der Waals surface area (Å²) in [4.78, 5) is 0. The molecule has 0 fully saturated rings. The van der Waals surface area contributed by atoms with E-state index in [1.807, 2.05) is 6.92 Å². The fourth-order valence-corrected chi connectivity index (χ4v) is 0. The van der Waals surface area contributed by atoms with Gasteiger partial charge in [-0.15, -0.1) is 0 Å². The van der Waals surface area contributed by atoms with Gasteiger partial charge in [0.05, 0.1) is 0 Å². The SMILES string of the molecule is CC[N-]C.[Ir].[Ti]. The van der Waals surface area contributed by atoms with Gasteiger partial charge in [0.2, 0.25) is 0 Å². The number of rotatable bonds is 1. The quantitative estimate of drug-likeness (QED) is 0.642. The van der Waals surface area contributed by atoms with Crippen LogP contribution in [0.4, 0.5) is 0 Å². The van der Waals surface area contributed by atoms with Gasteiger partial charge in [-0.05, 0) is 0 Å². The second-order valence-electron chi connectivity index (χ2n) is 0.632. The van der Waals surface area contributed by atoms with Gasteiger partial charge in [-0.25, -0.2) is 0 Å². The van der Waals surface area contributed by atoms with Crippen LogP contribution < -0.4 is 0 Å². The van der Waals surface area contributed by atoms with Gasteiger partial charge in [0.1, 0.15) is 0 Å². The van der Waals surface area contributed by atoms with Crippen molar-refractivity contribution in [2.75, 3.05) is 13.6 Å². The molecule has 0 aliphatic heterocycles. The summed E-state index contributed by atoms with van der Waals surface area (Å²) in [6, 6.07) is 0. The fourth-order valence-electron chi connectivity index (χ4n) is 0. The Morgan fingerprint density at radius 1 is 1.50 bits per heavy atom. The van der Waals surface area contributed by atoms with E-state index in [-0.39, 0.29) is 41.8 Å². The average Bonchev–Trinajstić information content (AvgIpc) is 1.37. The first kappa shape index (κ1) is 15.7. The van der Waals surface area contributed by atoms with Gasteiger partial charge in [-0.3, -0.25) is 0 Å². The second-order valence-corrected chi connectivity index (χ2v) is 0.632. The molecular formula is C3H8IrNTi-. The van der Waals surface area contributed by atoms with E-state index in [9.17, 15) is 0 Å². The van der Waals surface area contributed by atoms with Crippen molar-refractivity contribution in [3.8, 4) is 0 Å². The Morgan fingerprint density at radius 3 is 1.67 bits per heavy atom. The van der Waals surface area contributed by atoms with E-state index in [0.717, 1.165) is 6.54 Å². The Hall–Kier alpha value is 1.32. The van der Waals surface area contributed by atoms with Crippen LogP contribution in [-0.4, -0.2) is 13.6 Å². The van der Waals surface area contributed by atoms with Crippen LogP contribution >= 0.6 is 0 Å². The maximum absolute atomic E-state index is 3.74. The molecule has 1 radical (unpaired) electrons. The van der Waals surface area contributed by atoms with E-state index in [1.54, 1.807) is 7.05 Å². The first-order valence-corrected chi connectivity index (χ1v) is 1.47. The molecule has 3 heteroatoms. The molecule has 6 heavy (non-hydrogen) atoms. The van der Waals surface area contributed by atoms with Crippen molar-refractivity contribution >= 4 is 0 Å². The molecule has 0 aliphatic rings. The van der Waals surface area contributed by atoms with Gasteiger partial charge < -0.3 is 5.32 Å². The molecule has 0 aromatic rings. The van der Waals surface area contributed by atoms with Crippen molar-refractivity contribution in [3.63, 3.8) is 0 Å². The monoisotopic (exact) mass is 299 g/mol. The molecule has 0 unspecified atom stereocenters. The van der Waals surface area contributed by atoms with E-state index in [0.29, 0.717) is 0 Å². The van der Waals surface area contributed by atoms with E-state index in [2.05, 4.69) is 5.32 Å². The summed E-state index contributed by atoms with van der Waals surface area (Å²) in [5.41, 5.74) is 0. The van der Waals surface area contributed by atoms with Crippen LogP contribution in [0, 0.1) is 0 Å². The normalized spacial score (nSPS) is 5.00. The van der Waals surface area contributed by atoms with Crippen LogP contribution in [-0.2, 0) is 41.8 Å². The molecule has 0 bridgehead atoms. The maximum Gasteiger partial charge on any atom is 0 e. The molecule has 0 saturated carbocycles. The van der Waals surface area contributed by atoms with E-state index < -0.39 is 0 Å². The molecule has 0 heterocycles. The molecule has 0 aliphatic carbocycles. The zero-order chi connectivity index (χ0) is 3.41. The van der Waals surface area contributed by atoms with Crippen LogP contribution in [0.15, 0.2) is 0 Å². The Balaban J connectivity index is -0.0000000450. The third-order valence-corrected chi connectivity index (χ3v) is 0.316. The average molecular weight is 298 g/mol. The fraction of sp³-hybridized carbons (Fsp3) is 1.00. The standard InChI is InChI=1S/C3H8N.Ir.Ti/c1-3-4-2;;/h3H2,1-2H3;;/q-1;;. The van der Waals surface area contributed by atoms with Crippen molar-refractivity contribution in [1.29, 1.82) is 0 Å². The van der Waals surface area contributed by atoms with Crippen molar-refractivity contribution in [1.82, 2.24) is 0 Å². The molecule has 0 aromatic heterocycles. The molecular weight excluding hydrogens is 290 g/mol. The number of hydrogen-bond donors (Lipinski definition) is 0. The van der Waals surface area contributed by atoms with E-state index >= 15 is 0 Å². The zero-order valence-electron chi connectivity index (χ0n) is 3.99. The summed E-state index contributed by atoms with van der Waals surface area (Å²) in [6.45, 7) is 2.96. The zero-order valence-corrected chi connectivity index (χ0v) is 7.94. The third kappa shape index (κ3) is 18.4. The molecule has 0 saturated heterocycles. The minimum absolute atomic E-state index is 0. The third-order valence-electron chi connectivity index (χ3n) is 0.316. The molecule has 0 rings (SSSR count). The number of nitrogens with zero attached hydrogens (tertiary/aromatic N) is 1. The molecule has 0 N–H and O–H groups in total. The largest absolute Gasteiger partial charge is 0.665 e. The van der Waals surface area contributed by atoms with Gasteiger partial charge in [-0.1, -0.05) is 6.92 Å². The van der Waals surface area contributed by atoms with Crippen molar-refractivity contribution in [2.45, 2.75) is 6.92 Å². The predicted octanol–water partition coefficient (Wildman–Crippen LogP) is 1.00. The summed E-state index contributed by atoms with van der Waals surface area (Å²) < 4.78 is 0. The number of hydrogen-bond acceptors (Lipinski definition) is 0. The van der Waals surface area contributed by atoms with Crippen molar-refractivity contribution in [2.24, 2.45) is 0 Å². The predicted molar refractivity (Wildman–Crippen MR) is 19.8 cm³/mol. The minimum Gasteiger partial charge on any atom is -0.665 e. The Labute approximate surface area is 67.5 Å². The van der Waals surface area contributed by atoms with E-state index in [4.69, 9.17) is 0 Å². The summed E-state index contributed by atoms with van der Waals surface area (Å²) in [5, 5.41) is 3.74. The van der Waals surface area contributed by atoms with Gasteiger partial charge in [-0.2, -0.15) is 13.6 Å². The van der Waals surface area contributed by atoms with Crippen LogP contribution in [0.25, 0.3) is 5.32 Å². The van der Waals surface area contributed by atoms with Crippen LogP contribution in [0.2, 0.25) is 0 Å². The van der Waals surface area contributed by atoms with Gasteiger partial charge in [0.15, 0.2) is 0 Å². The molecule has 1 nitrogen and oxygen atoms in total. The summed E-state index contributed by atoms with van der Waals surface area (Å²) in [6.07, 6.45) is 0. The van der Waals surface area contributed by atoms with Gasteiger partial charge in [0, 0.05) is 41.8 Å². The smallest absolute Gasteiger partial charge is 0 e. The Bertz CT molecular complexity index is 12.8. The van der Waals surface area contributed by atoms with Crippen molar-refractivity contribution in [3.05, 3.63) is 5.32 Å². The summed E-state index contributed by atoms with van der Waals surface area (Å²) in [7, 11) is 1.81. The Kier molecular flexibility index (Phi) is 42.4. The Morgan fingerprint density at radius 2 is 1.67 bits per heavy atom. The minimum atomic E-state index is 0. The topological polar surface area (TPSA) is 14.1 Å².